The van der Waals surface area contributed by atoms with Gasteiger partial charge in [0.15, 0.2) is 11.6 Å². The summed E-state index contributed by atoms with van der Waals surface area (Å²) in [6, 6.07) is 16.3. The van der Waals surface area contributed by atoms with Crippen molar-refractivity contribution in [1.82, 2.24) is 15.5 Å². The molecule has 34 heavy (non-hydrogen) atoms. The Morgan fingerprint density at radius 1 is 0.824 bits per heavy atom. The first-order valence-electron chi connectivity index (χ1n) is 10.1. The minimum atomic E-state index is -1.09. The van der Waals surface area contributed by atoms with Crippen molar-refractivity contribution in [1.29, 1.82) is 0 Å². The fourth-order valence-corrected chi connectivity index (χ4v) is 3.95. The second kappa shape index (κ2) is 10.3. The topological polar surface area (TPSA) is 84.0 Å². The van der Waals surface area contributed by atoms with Gasteiger partial charge < -0.3 is 10.6 Å². The van der Waals surface area contributed by atoms with Gasteiger partial charge in [0.1, 0.15) is 16.5 Å². The van der Waals surface area contributed by atoms with Crippen molar-refractivity contribution in [3.8, 4) is 11.3 Å². The van der Waals surface area contributed by atoms with Crippen LogP contribution in [-0.2, 0) is 9.59 Å². The molecule has 0 saturated heterocycles. The first kappa shape index (κ1) is 23.2. The summed E-state index contributed by atoms with van der Waals surface area (Å²) in [6.45, 7) is -0.339. The van der Waals surface area contributed by atoms with Crippen LogP contribution in [0.1, 0.15) is 0 Å². The Kier molecular flexibility index (Phi) is 7.07. The summed E-state index contributed by atoms with van der Waals surface area (Å²) < 4.78 is 39.5. The second-order valence-electron chi connectivity index (χ2n) is 7.15. The molecule has 0 unspecified atom stereocenters. The van der Waals surface area contributed by atoms with Crippen molar-refractivity contribution in [3.63, 3.8) is 0 Å². The van der Waals surface area contributed by atoms with E-state index in [4.69, 9.17) is 0 Å². The highest BCUT2D eigenvalue weighted by molar-refractivity contribution is 8.00. The Morgan fingerprint density at radius 3 is 2.29 bits per heavy atom. The van der Waals surface area contributed by atoms with Crippen LogP contribution in [0.5, 0.6) is 0 Å². The first-order valence-corrected chi connectivity index (χ1v) is 11.0. The van der Waals surface area contributed by atoms with Crippen LogP contribution in [0.3, 0.4) is 0 Å². The van der Waals surface area contributed by atoms with Crippen molar-refractivity contribution in [3.05, 3.63) is 84.2 Å². The fraction of sp³-hybridized carbons (Fsp3) is 0.0833. The predicted molar refractivity (Wildman–Crippen MR) is 124 cm³/mol. The van der Waals surface area contributed by atoms with Crippen LogP contribution in [0, 0.1) is 17.5 Å². The number of nitrogens with one attached hydrogen (secondary N) is 2. The quantitative estimate of drug-likeness (QED) is 0.378. The number of thioether (sulfide) groups is 1. The van der Waals surface area contributed by atoms with Gasteiger partial charge in [-0.15, -0.1) is 10.2 Å². The molecule has 0 saturated carbocycles. The van der Waals surface area contributed by atoms with Crippen molar-refractivity contribution in [2.45, 2.75) is 5.03 Å². The van der Waals surface area contributed by atoms with Gasteiger partial charge in [-0.2, -0.15) is 0 Å². The van der Waals surface area contributed by atoms with Gasteiger partial charge in [-0.25, -0.2) is 13.2 Å². The Morgan fingerprint density at radius 2 is 1.56 bits per heavy atom. The number of fused-ring (bicyclic) bond motifs is 1. The van der Waals surface area contributed by atoms with Crippen molar-refractivity contribution in [2.75, 3.05) is 17.6 Å². The predicted octanol–water partition coefficient (Wildman–Crippen LogP) is 4.56. The summed E-state index contributed by atoms with van der Waals surface area (Å²) in [5.74, 6) is -3.48. The second-order valence-corrected chi connectivity index (χ2v) is 8.11. The number of hydrogen-bond acceptors (Lipinski definition) is 5. The highest BCUT2D eigenvalue weighted by Crippen LogP contribution is 2.31. The number of hydrogen-bond donors (Lipinski definition) is 2. The summed E-state index contributed by atoms with van der Waals surface area (Å²) >= 11 is 1.15. The summed E-state index contributed by atoms with van der Waals surface area (Å²) in [6.07, 6.45) is 0. The third kappa shape index (κ3) is 5.52. The maximum atomic E-state index is 13.3. The molecule has 1 aromatic heterocycles. The zero-order valence-corrected chi connectivity index (χ0v) is 18.3. The Labute approximate surface area is 196 Å². The summed E-state index contributed by atoms with van der Waals surface area (Å²) in [5, 5.41) is 15.5. The van der Waals surface area contributed by atoms with Gasteiger partial charge in [0.05, 0.1) is 12.3 Å². The lowest BCUT2D eigenvalue weighted by Gasteiger charge is -2.10. The first-order chi connectivity index (χ1) is 16.4. The SMILES string of the molecule is O=C(CSc1nnc(-c2ccc(F)cc2)c2ccccc12)NCC(=O)Nc1ccc(F)c(F)c1. The zero-order valence-electron chi connectivity index (χ0n) is 17.5. The van der Waals surface area contributed by atoms with E-state index in [9.17, 15) is 22.8 Å². The number of anilines is 1. The molecule has 0 fully saturated rings. The molecule has 0 aliphatic rings. The molecule has 4 rings (SSSR count). The number of benzene rings is 3. The van der Waals surface area contributed by atoms with Crippen molar-refractivity contribution < 1.29 is 22.8 Å². The molecule has 172 valence electrons. The van der Waals surface area contributed by atoms with Crippen LogP contribution >= 0.6 is 11.8 Å². The third-order valence-corrected chi connectivity index (χ3v) is 5.74. The lowest BCUT2D eigenvalue weighted by Crippen LogP contribution is -2.33. The minimum absolute atomic E-state index is 0.0208. The van der Waals surface area contributed by atoms with E-state index in [0.717, 1.165) is 34.7 Å². The Hall–Kier alpha value is -3.92. The molecule has 0 aliphatic carbocycles. The summed E-state index contributed by atoms with van der Waals surface area (Å²) in [4.78, 5) is 24.2. The molecular weight excluding hydrogens is 465 g/mol. The number of nitrogens with zero attached hydrogens (tertiary/aromatic N) is 2. The molecule has 0 radical (unpaired) electrons. The van der Waals surface area contributed by atoms with Crippen LogP contribution in [0.15, 0.2) is 71.8 Å². The maximum Gasteiger partial charge on any atom is 0.243 e. The van der Waals surface area contributed by atoms with Gasteiger partial charge in [-0.3, -0.25) is 9.59 Å². The number of rotatable bonds is 7. The molecule has 0 spiro atoms. The molecule has 2 N–H and O–H groups in total. The van der Waals surface area contributed by atoms with Gasteiger partial charge in [-0.1, -0.05) is 36.0 Å². The highest BCUT2D eigenvalue weighted by atomic mass is 32.2. The number of aromatic nitrogens is 2. The summed E-state index contributed by atoms with van der Waals surface area (Å²) in [5.41, 5.74) is 1.39. The normalized spacial score (nSPS) is 10.8. The molecule has 0 atom stereocenters. The molecule has 0 aliphatic heterocycles. The Balaban J connectivity index is 1.38. The number of carbonyl (C=O) groups is 2. The van der Waals surface area contributed by atoms with E-state index in [-0.39, 0.29) is 23.8 Å². The highest BCUT2D eigenvalue weighted by Gasteiger charge is 2.14. The average molecular weight is 482 g/mol. The van der Waals surface area contributed by atoms with Crippen LogP contribution in [0.4, 0.5) is 18.9 Å². The van der Waals surface area contributed by atoms with Gasteiger partial charge in [0.25, 0.3) is 0 Å². The lowest BCUT2D eigenvalue weighted by atomic mass is 10.1. The van der Waals surface area contributed by atoms with Crippen LogP contribution in [0.25, 0.3) is 22.0 Å². The third-order valence-electron chi connectivity index (χ3n) is 4.76. The molecule has 0 bridgehead atoms. The van der Waals surface area contributed by atoms with Gasteiger partial charge in [-0.05, 0) is 36.4 Å². The minimum Gasteiger partial charge on any atom is -0.346 e. The van der Waals surface area contributed by atoms with E-state index in [2.05, 4.69) is 20.8 Å². The smallest absolute Gasteiger partial charge is 0.243 e. The largest absolute Gasteiger partial charge is 0.346 e. The van der Waals surface area contributed by atoms with Crippen LogP contribution in [0.2, 0.25) is 0 Å². The van der Waals surface area contributed by atoms with Crippen molar-refractivity contribution >= 4 is 40.0 Å². The van der Waals surface area contributed by atoms with E-state index in [1.165, 1.54) is 18.2 Å². The molecule has 2 amide bonds. The van der Waals surface area contributed by atoms with Gasteiger partial charge in [0, 0.05) is 28.1 Å². The van der Waals surface area contributed by atoms with Crippen molar-refractivity contribution in [2.24, 2.45) is 0 Å². The lowest BCUT2D eigenvalue weighted by molar-refractivity contribution is -0.122. The van der Waals surface area contributed by atoms with E-state index in [0.29, 0.717) is 16.3 Å². The van der Waals surface area contributed by atoms with Gasteiger partial charge >= 0.3 is 0 Å². The van der Waals surface area contributed by atoms with E-state index < -0.39 is 23.4 Å². The molecular formula is C24H17F3N4O2S. The number of carbonyl (C=O) groups excluding carboxylic acids is 2. The van der Waals surface area contributed by atoms with Crippen LogP contribution in [-0.4, -0.2) is 34.3 Å². The monoisotopic (exact) mass is 482 g/mol. The number of halogens is 3. The molecule has 6 nitrogen and oxygen atoms in total. The van der Waals surface area contributed by atoms with Crippen LogP contribution < -0.4 is 10.6 Å². The molecule has 4 aromatic rings. The number of amides is 2. The average Bonchev–Trinajstić information content (AvgIpc) is 2.84. The molecule has 1 heterocycles. The Bertz CT molecular complexity index is 1370. The van der Waals surface area contributed by atoms with Gasteiger partial charge in [0.2, 0.25) is 11.8 Å². The standard InChI is InChI=1S/C24H17F3N4O2S/c25-15-7-5-14(6-8-15)23-17-3-1-2-4-18(17)24(31-30-23)34-13-22(33)28-12-21(32)29-16-9-10-19(26)20(27)11-16/h1-11H,12-13H2,(H,28,33)(H,29,32). The zero-order chi connectivity index (χ0) is 24.1. The van der Waals surface area contributed by atoms with E-state index >= 15 is 0 Å². The summed E-state index contributed by atoms with van der Waals surface area (Å²) in [7, 11) is 0. The fourth-order valence-electron chi connectivity index (χ4n) is 3.15. The van der Waals surface area contributed by atoms with E-state index in [1.807, 2.05) is 24.3 Å². The maximum absolute atomic E-state index is 13.3. The van der Waals surface area contributed by atoms with E-state index in [1.54, 1.807) is 12.1 Å². The molecule has 3 aromatic carbocycles. The molecule has 10 heteroatoms.